The summed E-state index contributed by atoms with van der Waals surface area (Å²) in [7, 11) is -4.50. The molecule has 2 fully saturated rings. The highest BCUT2D eigenvalue weighted by atomic mass is 79.9. The number of phosphoric ester groups is 1. The first-order valence-electron chi connectivity index (χ1n) is 13.0. The van der Waals surface area contributed by atoms with Crippen molar-refractivity contribution in [2.75, 3.05) is 25.5 Å². The SMILES string of the molecule is CC(C)OC(=O)CCNC(=O)[C@@H]1OP(=O)(OC[C@H]2O[C@@](C#N)(c3ccc4c(O)nc(N)nn34)[C@@](F)(Br)C2O)OCC1(C)C. The topological polar surface area (TPSA) is 230 Å². The number of phosphoric acid groups is 1. The van der Waals surface area contributed by atoms with Gasteiger partial charge in [-0.1, -0.05) is 13.8 Å². The number of carbonyl (C=O) groups is 2. The minimum absolute atomic E-state index is 0.0305. The average Bonchev–Trinajstić information content (AvgIpc) is 3.41. The standard InChI is InChI=1S/C24H31BrFN6O10P/c1-12(2)40-16(33)7-8-29-20(36)18-22(3,4)11-39-43(37,42-18)38-9-14-17(34)24(25,26)23(10-27,41-14)15-6-5-13-19(35)30-21(28)31-32(13)15/h5-6,12,14,17-18,34H,7-9,11H2,1-4H3,(H,29,36)(H3,28,30,31,35)/t14-,17?,18+,23+,24-,43?/m1/s1. The molecule has 5 N–H and O–H groups in total. The van der Waals surface area contributed by atoms with Gasteiger partial charge in [0.05, 0.1) is 31.4 Å². The number of nitrogen functional groups attached to an aromatic ring is 1. The van der Waals surface area contributed by atoms with Crippen molar-refractivity contribution in [3.05, 3.63) is 17.8 Å². The summed E-state index contributed by atoms with van der Waals surface area (Å²) in [4.78, 5) is 28.3. The van der Waals surface area contributed by atoms with Crippen molar-refractivity contribution in [3.63, 3.8) is 0 Å². The van der Waals surface area contributed by atoms with Crippen LogP contribution in [0.4, 0.5) is 10.3 Å². The van der Waals surface area contributed by atoms with Crippen molar-refractivity contribution in [1.29, 1.82) is 5.26 Å². The largest absolute Gasteiger partial charge is 0.492 e. The van der Waals surface area contributed by atoms with E-state index in [-0.39, 0.29) is 36.9 Å². The van der Waals surface area contributed by atoms with Crippen LogP contribution in [0.3, 0.4) is 0 Å². The zero-order chi connectivity index (χ0) is 32.0. The number of hydrogen-bond donors (Lipinski definition) is 4. The molecule has 43 heavy (non-hydrogen) atoms. The number of aromatic hydroxyl groups is 1. The van der Waals surface area contributed by atoms with Gasteiger partial charge >= 0.3 is 13.8 Å². The van der Waals surface area contributed by atoms with Gasteiger partial charge in [0.2, 0.25) is 27.9 Å². The Balaban J connectivity index is 1.49. The highest BCUT2D eigenvalue weighted by molar-refractivity contribution is 9.10. The summed E-state index contributed by atoms with van der Waals surface area (Å²) in [5, 5.41) is 37.5. The van der Waals surface area contributed by atoms with Gasteiger partial charge in [-0.15, -0.1) is 5.10 Å². The van der Waals surface area contributed by atoms with Gasteiger partial charge in [-0.25, -0.2) is 13.5 Å². The van der Waals surface area contributed by atoms with E-state index in [1.165, 1.54) is 12.1 Å². The fourth-order valence-corrected chi connectivity index (χ4v) is 6.89. The summed E-state index contributed by atoms with van der Waals surface area (Å²) in [5.41, 5.74) is 1.75. The minimum atomic E-state index is -4.50. The second-order valence-corrected chi connectivity index (χ2v) is 13.7. The molecule has 0 aliphatic carbocycles. The van der Waals surface area contributed by atoms with Crippen molar-refractivity contribution in [3.8, 4) is 11.9 Å². The number of nitrogens with two attached hydrogens (primary N) is 1. The monoisotopic (exact) mass is 692 g/mol. The normalized spacial score (nSPS) is 32.0. The van der Waals surface area contributed by atoms with Crippen LogP contribution < -0.4 is 11.1 Å². The van der Waals surface area contributed by atoms with Gasteiger partial charge in [-0.2, -0.15) is 10.2 Å². The molecule has 0 radical (unpaired) electrons. The molecule has 6 atom stereocenters. The molecule has 2 aromatic heterocycles. The van der Waals surface area contributed by atoms with Gasteiger partial charge in [0.25, 0.3) is 0 Å². The van der Waals surface area contributed by atoms with E-state index in [0.717, 1.165) is 4.52 Å². The molecule has 1 amide bonds. The third-order valence-corrected chi connectivity index (χ3v) is 9.12. The highest BCUT2D eigenvalue weighted by Crippen LogP contribution is 2.59. The van der Waals surface area contributed by atoms with Crippen LogP contribution in [0.5, 0.6) is 5.88 Å². The number of nitriles is 1. The summed E-state index contributed by atoms with van der Waals surface area (Å²) < 4.78 is 54.3. The molecule has 2 aliphatic rings. The Morgan fingerprint density at radius 2 is 2.12 bits per heavy atom. The predicted octanol–water partition coefficient (Wildman–Crippen LogP) is 1.58. The second-order valence-electron chi connectivity index (χ2n) is 10.9. The van der Waals surface area contributed by atoms with Crippen LogP contribution in [-0.2, 0) is 42.8 Å². The third kappa shape index (κ3) is 6.21. The Labute approximate surface area is 253 Å². The van der Waals surface area contributed by atoms with Crippen LogP contribution in [0.15, 0.2) is 12.1 Å². The highest BCUT2D eigenvalue weighted by Gasteiger charge is 2.69. The van der Waals surface area contributed by atoms with Crippen LogP contribution in [0.1, 0.15) is 39.8 Å². The van der Waals surface area contributed by atoms with E-state index in [9.17, 15) is 29.6 Å². The van der Waals surface area contributed by atoms with Crippen molar-refractivity contribution in [1.82, 2.24) is 19.9 Å². The first-order chi connectivity index (χ1) is 20.0. The number of rotatable bonds is 9. The molecule has 16 nitrogen and oxygen atoms in total. The number of fused-ring (bicyclic) bond motifs is 1. The Hall–Kier alpha value is -2.91. The lowest BCUT2D eigenvalue weighted by Crippen LogP contribution is -2.50. The van der Waals surface area contributed by atoms with Gasteiger partial charge < -0.3 is 30.7 Å². The van der Waals surface area contributed by atoms with Crippen LogP contribution in [-0.4, -0.2) is 85.4 Å². The number of ether oxygens (including phenoxy) is 2. The van der Waals surface area contributed by atoms with Gasteiger partial charge in [-0.05, 0) is 41.9 Å². The molecule has 2 aromatic rings. The molecule has 4 rings (SSSR count). The van der Waals surface area contributed by atoms with E-state index in [1.54, 1.807) is 33.8 Å². The Bertz CT molecular complexity index is 1500. The maximum atomic E-state index is 16.1. The molecule has 0 saturated carbocycles. The van der Waals surface area contributed by atoms with Gasteiger partial charge in [-0.3, -0.25) is 23.2 Å². The lowest BCUT2D eigenvalue weighted by Gasteiger charge is -2.39. The number of esters is 1. The number of nitrogens with zero attached hydrogens (tertiary/aromatic N) is 4. The first kappa shape index (κ1) is 33.0. The smallest absolute Gasteiger partial charge is 0.475 e. The van der Waals surface area contributed by atoms with E-state index < -0.39 is 72.0 Å². The lowest BCUT2D eigenvalue weighted by atomic mass is 9.87. The minimum Gasteiger partial charge on any atom is -0.492 e. The molecule has 19 heteroatoms. The second kappa shape index (κ2) is 11.9. The molecule has 2 unspecified atom stereocenters. The van der Waals surface area contributed by atoms with Gasteiger partial charge in [0.15, 0.2) is 6.10 Å². The van der Waals surface area contributed by atoms with Gasteiger partial charge in [0.1, 0.15) is 23.8 Å². The average molecular weight is 693 g/mol. The first-order valence-corrected chi connectivity index (χ1v) is 15.3. The summed E-state index contributed by atoms with van der Waals surface area (Å²) in [5.74, 6) is -2.15. The van der Waals surface area contributed by atoms with E-state index in [1.807, 2.05) is 0 Å². The van der Waals surface area contributed by atoms with Crippen molar-refractivity contribution >= 4 is 47.1 Å². The van der Waals surface area contributed by atoms with E-state index in [4.69, 9.17) is 28.8 Å². The van der Waals surface area contributed by atoms with E-state index >= 15 is 4.39 Å². The maximum absolute atomic E-state index is 16.1. The molecule has 0 aromatic carbocycles. The fourth-order valence-electron chi connectivity index (χ4n) is 4.55. The van der Waals surface area contributed by atoms with Crippen LogP contribution >= 0.6 is 23.8 Å². The van der Waals surface area contributed by atoms with Crippen molar-refractivity contribution in [2.24, 2.45) is 5.41 Å². The summed E-state index contributed by atoms with van der Waals surface area (Å²) in [6.45, 7) is 5.49. The van der Waals surface area contributed by atoms with Crippen LogP contribution in [0, 0.1) is 16.7 Å². The van der Waals surface area contributed by atoms with Crippen LogP contribution in [0.2, 0.25) is 0 Å². The zero-order valence-corrected chi connectivity index (χ0v) is 26.0. The van der Waals surface area contributed by atoms with E-state index in [2.05, 4.69) is 31.3 Å². The number of aliphatic hydroxyl groups excluding tert-OH is 1. The predicted molar refractivity (Wildman–Crippen MR) is 147 cm³/mol. The number of nitrogens with one attached hydrogen (secondary N) is 1. The summed E-state index contributed by atoms with van der Waals surface area (Å²) in [6, 6.07) is 4.21. The Morgan fingerprint density at radius 1 is 1.42 bits per heavy atom. The van der Waals surface area contributed by atoms with Crippen molar-refractivity contribution in [2.45, 2.75) is 68.7 Å². The van der Waals surface area contributed by atoms with Crippen molar-refractivity contribution < 1.29 is 51.8 Å². The summed E-state index contributed by atoms with van der Waals surface area (Å²) in [6.07, 6.45) is -5.48. The quantitative estimate of drug-likeness (QED) is 0.166. The fraction of sp³-hybridized carbons (Fsp3) is 0.625. The molecule has 236 valence electrons. The van der Waals surface area contributed by atoms with Gasteiger partial charge in [0, 0.05) is 12.0 Å². The number of anilines is 1. The number of alkyl halides is 2. The molecular formula is C24H31BrFN6O10P. The summed E-state index contributed by atoms with van der Waals surface area (Å²) >= 11 is 2.76. The Kier molecular flexibility index (Phi) is 9.12. The molecular weight excluding hydrogens is 662 g/mol. The Morgan fingerprint density at radius 3 is 2.77 bits per heavy atom. The number of halogens is 2. The lowest BCUT2D eigenvalue weighted by molar-refractivity contribution is -0.147. The zero-order valence-electron chi connectivity index (χ0n) is 23.5. The number of amides is 1. The molecule has 4 heterocycles. The number of carbonyl (C=O) groups excluding carboxylic acids is 2. The number of aromatic nitrogens is 3. The molecule has 2 saturated heterocycles. The maximum Gasteiger partial charge on any atom is 0.475 e. The molecule has 0 bridgehead atoms. The molecule has 0 spiro atoms. The van der Waals surface area contributed by atoms with Crippen LogP contribution in [0.25, 0.3) is 5.52 Å². The van der Waals surface area contributed by atoms with E-state index in [0.29, 0.717) is 0 Å². The number of aliphatic hydroxyl groups is 1. The number of hydrogen-bond acceptors (Lipinski definition) is 14. The molecule has 2 aliphatic heterocycles. The third-order valence-electron chi connectivity index (χ3n) is 6.72.